The average Bonchev–Trinajstić information content (AvgIpc) is 3.13. The number of thioether (sulfide) groups is 1. The van der Waals surface area contributed by atoms with Crippen LogP contribution in [0.25, 0.3) is 5.65 Å². The van der Waals surface area contributed by atoms with E-state index in [1.54, 1.807) is 0 Å². The van der Waals surface area contributed by atoms with Crippen molar-refractivity contribution in [2.24, 2.45) is 0 Å². The van der Waals surface area contributed by atoms with Crippen LogP contribution in [0.2, 0.25) is 0 Å². The molecule has 1 amide bonds. The molecule has 8 nitrogen and oxygen atoms in total. The zero-order valence-electron chi connectivity index (χ0n) is 14.5. The van der Waals surface area contributed by atoms with Crippen LogP contribution in [0.3, 0.4) is 0 Å². The van der Waals surface area contributed by atoms with Gasteiger partial charge in [-0.3, -0.25) is 19.5 Å². The summed E-state index contributed by atoms with van der Waals surface area (Å²) >= 11 is 1.16. The molecule has 3 N–H and O–H groups in total. The first-order valence-electron chi connectivity index (χ1n) is 8.05. The molecule has 3 rings (SSSR count). The topological polar surface area (TPSA) is 117 Å². The lowest BCUT2D eigenvalue weighted by molar-refractivity contribution is -0.138. The summed E-state index contributed by atoms with van der Waals surface area (Å²) in [5, 5.41) is 13.9. The molecule has 0 unspecified atom stereocenters. The van der Waals surface area contributed by atoms with Crippen LogP contribution in [0.5, 0.6) is 0 Å². The number of amides is 1. The number of carbonyl (C=O) groups excluding carboxylic acids is 1. The van der Waals surface area contributed by atoms with Crippen LogP contribution in [0.15, 0.2) is 46.5 Å². The second kappa shape index (κ2) is 7.99. The third-order valence-corrected chi connectivity index (χ3v) is 4.90. The van der Waals surface area contributed by atoms with Gasteiger partial charge in [-0.1, -0.05) is 12.1 Å². The van der Waals surface area contributed by atoms with Gasteiger partial charge in [-0.15, -0.1) is 11.8 Å². The second-order valence-corrected chi connectivity index (χ2v) is 6.82. The number of pyridine rings is 1. The molecule has 0 aliphatic carbocycles. The highest BCUT2D eigenvalue weighted by Gasteiger charge is 2.30. The number of halogens is 3. The highest BCUT2D eigenvalue weighted by Crippen LogP contribution is 2.30. The summed E-state index contributed by atoms with van der Waals surface area (Å²) in [5.74, 6) is -1.87. The Kier molecular flexibility index (Phi) is 5.64. The number of hydrogen-bond donors (Lipinski definition) is 3. The quantitative estimate of drug-likeness (QED) is 0.520. The van der Waals surface area contributed by atoms with Crippen molar-refractivity contribution in [3.8, 4) is 0 Å². The van der Waals surface area contributed by atoms with E-state index in [4.69, 9.17) is 5.11 Å². The van der Waals surface area contributed by atoms with Gasteiger partial charge in [0.1, 0.15) is 23.5 Å². The molecule has 0 radical (unpaired) electrons. The fraction of sp³-hybridized carbons (Fsp3) is 0.176. The van der Waals surface area contributed by atoms with Gasteiger partial charge in [0.15, 0.2) is 11.1 Å². The van der Waals surface area contributed by atoms with Crippen molar-refractivity contribution in [3.63, 3.8) is 0 Å². The zero-order chi connectivity index (χ0) is 21.2. The van der Waals surface area contributed by atoms with Crippen LogP contribution in [-0.2, 0) is 16.7 Å². The Labute approximate surface area is 164 Å². The largest absolute Gasteiger partial charge is 0.480 e. The smallest absolute Gasteiger partial charge is 0.416 e. The molecule has 0 fully saturated rings. The molecule has 29 heavy (non-hydrogen) atoms. The minimum atomic E-state index is -4.42. The predicted octanol–water partition coefficient (Wildman–Crippen LogP) is 2.15. The van der Waals surface area contributed by atoms with Crippen LogP contribution >= 0.6 is 11.8 Å². The molecule has 0 saturated heterocycles. The van der Waals surface area contributed by atoms with Gasteiger partial charge in [0.25, 0.3) is 5.91 Å². The number of carboxylic acids is 1. The molecular formula is C17H13F3N4O4S. The number of aromatic nitrogens is 3. The Bertz CT molecular complexity index is 1120. The zero-order valence-corrected chi connectivity index (χ0v) is 15.3. The Hall–Kier alpha value is -3.28. The van der Waals surface area contributed by atoms with Gasteiger partial charge in [-0.05, 0) is 17.7 Å². The van der Waals surface area contributed by atoms with E-state index in [0.29, 0.717) is 10.6 Å². The predicted molar refractivity (Wildman–Crippen MR) is 96.8 cm³/mol. The Morgan fingerprint density at radius 1 is 1.24 bits per heavy atom. The number of aliphatic carboxylic acids is 1. The molecule has 0 atom stereocenters. The van der Waals surface area contributed by atoms with E-state index in [2.05, 4.69) is 15.4 Å². The van der Waals surface area contributed by atoms with Crippen molar-refractivity contribution in [2.75, 3.05) is 6.54 Å². The van der Waals surface area contributed by atoms with Gasteiger partial charge >= 0.3 is 12.1 Å². The van der Waals surface area contributed by atoms with Crippen molar-refractivity contribution in [2.45, 2.75) is 17.0 Å². The number of fused-ring (bicyclic) bond motifs is 1. The van der Waals surface area contributed by atoms with E-state index in [1.165, 1.54) is 29.0 Å². The Morgan fingerprint density at radius 3 is 2.55 bits per heavy atom. The highest BCUT2D eigenvalue weighted by molar-refractivity contribution is 7.98. The number of nitrogens with zero attached hydrogens (tertiary/aromatic N) is 2. The number of hydrogen-bond acceptors (Lipinski definition) is 5. The maximum Gasteiger partial charge on any atom is 0.416 e. The van der Waals surface area contributed by atoms with E-state index < -0.39 is 35.6 Å². The molecule has 0 aliphatic rings. The van der Waals surface area contributed by atoms with Crippen molar-refractivity contribution >= 4 is 29.3 Å². The molecule has 2 heterocycles. The average molecular weight is 426 g/mol. The number of alkyl halides is 3. The standard InChI is InChI=1S/C17H13F3N4O4S/c18-17(19,20)10-3-1-9(2-4-10)7-29-12-5-11(25)14(15-22-8-23-24(12)15)16(28)21-6-13(26)27/h1-5,8H,6-7H2,(H,21,28)(H,22,23)(H,26,27). The van der Waals surface area contributed by atoms with Crippen molar-refractivity contribution < 1.29 is 27.9 Å². The number of carboxylic acid groups (broad SMARTS) is 1. The fourth-order valence-electron chi connectivity index (χ4n) is 2.48. The third-order valence-electron chi connectivity index (χ3n) is 3.83. The lowest BCUT2D eigenvalue weighted by Crippen LogP contribution is -2.33. The first-order chi connectivity index (χ1) is 13.7. The van der Waals surface area contributed by atoms with Gasteiger partial charge in [-0.25, -0.2) is 9.50 Å². The molecule has 3 aromatic rings. The van der Waals surface area contributed by atoms with Crippen molar-refractivity contribution in [1.29, 1.82) is 0 Å². The highest BCUT2D eigenvalue weighted by atomic mass is 32.2. The van der Waals surface area contributed by atoms with E-state index in [-0.39, 0.29) is 17.0 Å². The number of carbonyl (C=O) groups is 2. The minimum absolute atomic E-state index is 0.00954. The second-order valence-electron chi connectivity index (χ2n) is 5.83. The first kappa shape index (κ1) is 20.5. The van der Waals surface area contributed by atoms with Gasteiger partial charge in [0.2, 0.25) is 0 Å². The molecular weight excluding hydrogens is 413 g/mol. The lowest BCUT2D eigenvalue weighted by Gasteiger charge is -2.09. The Balaban J connectivity index is 1.83. The summed E-state index contributed by atoms with van der Waals surface area (Å²) in [6, 6.07) is 5.82. The summed E-state index contributed by atoms with van der Waals surface area (Å²) in [6.07, 6.45) is -3.16. The number of aromatic amines is 1. The van der Waals surface area contributed by atoms with Gasteiger partial charge in [0.05, 0.1) is 5.56 Å². The summed E-state index contributed by atoms with van der Waals surface area (Å²) < 4.78 is 39.3. The number of benzene rings is 1. The number of nitrogens with one attached hydrogen (secondary N) is 2. The van der Waals surface area contributed by atoms with Crippen LogP contribution in [0.4, 0.5) is 13.2 Å². The van der Waals surface area contributed by atoms with Crippen LogP contribution in [-0.4, -0.2) is 38.1 Å². The maximum atomic E-state index is 12.6. The summed E-state index contributed by atoms with van der Waals surface area (Å²) in [4.78, 5) is 39.1. The van der Waals surface area contributed by atoms with E-state index in [0.717, 1.165) is 23.9 Å². The van der Waals surface area contributed by atoms with E-state index in [9.17, 15) is 27.6 Å². The minimum Gasteiger partial charge on any atom is -0.480 e. The SMILES string of the molecule is O=C(O)CNC(=O)c1c(=O)cc(SCc2ccc(C(F)(F)F)cc2)n2[nH]cnc12. The monoisotopic (exact) mass is 426 g/mol. The fourth-order valence-corrected chi connectivity index (χ4v) is 3.45. The number of rotatable bonds is 6. The lowest BCUT2D eigenvalue weighted by atomic mass is 10.1. The van der Waals surface area contributed by atoms with Gasteiger partial charge < -0.3 is 10.4 Å². The van der Waals surface area contributed by atoms with Gasteiger partial charge in [-0.2, -0.15) is 13.2 Å². The molecule has 0 saturated carbocycles. The first-order valence-corrected chi connectivity index (χ1v) is 9.03. The molecule has 2 aromatic heterocycles. The molecule has 0 aliphatic heterocycles. The molecule has 1 aromatic carbocycles. The Morgan fingerprint density at radius 2 is 1.93 bits per heavy atom. The summed E-state index contributed by atoms with van der Waals surface area (Å²) in [5.41, 5.74) is -1.11. The molecule has 0 bridgehead atoms. The summed E-state index contributed by atoms with van der Waals surface area (Å²) in [7, 11) is 0. The third kappa shape index (κ3) is 4.59. The van der Waals surface area contributed by atoms with Crippen molar-refractivity contribution in [3.05, 3.63) is 63.6 Å². The van der Waals surface area contributed by atoms with E-state index in [1.807, 2.05) is 0 Å². The number of H-pyrrole nitrogens is 1. The van der Waals surface area contributed by atoms with Crippen LogP contribution in [0, 0.1) is 0 Å². The van der Waals surface area contributed by atoms with Crippen LogP contribution in [0.1, 0.15) is 21.5 Å². The van der Waals surface area contributed by atoms with Crippen LogP contribution < -0.4 is 10.7 Å². The molecule has 0 spiro atoms. The van der Waals surface area contributed by atoms with E-state index >= 15 is 0 Å². The molecule has 152 valence electrons. The van der Waals surface area contributed by atoms with Gasteiger partial charge in [0, 0.05) is 11.8 Å². The maximum absolute atomic E-state index is 12.6. The summed E-state index contributed by atoms with van der Waals surface area (Å²) in [6.45, 7) is -0.653. The van der Waals surface area contributed by atoms with Crippen molar-refractivity contribution in [1.82, 2.24) is 19.9 Å². The molecule has 12 heteroatoms. The normalized spacial score (nSPS) is 11.6.